The molecule has 17 heavy (non-hydrogen) atoms. The van der Waals surface area contributed by atoms with E-state index in [0.29, 0.717) is 6.10 Å². The molecule has 0 aromatic heterocycles. The van der Waals surface area contributed by atoms with Gasteiger partial charge in [0.15, 0.2) is 0 Å². The molecule has 1 unspecified atom stereocenters. The summed E-state index contributed by atoms with van der Waals surface area (Å²) in [6.45, 7) is 2.81. The third-order valence-electron chi connectivity index (χ3n) is 3.78. The standard InChI is InChI=1S/C14H26N2O/c1-14(12-15,16-2)10-6-7-11-17-13-8-4-3-5-9-13/h13,16H,3-11H2,1-2H3. The lowest BCUT2D eigenvalue weighted by molar-refractivity contribution is 0.0259. The zero-order chi connectivity index (χ0) is 12.6. The van der Waals surface area contributed by atoms with E-state index < -0.39 is 0 Å². The Morgan fingerprint density at radius 1 is 1.29 bits per heavy atom. The van der Waals surface area contributed by atoms with Crippen LogP contribution in [0.5, 0.6) is 0 Å². The van der Waals surface area contributed by atoms with Gasteiger partial charge in [-0.05, 0) is 46.1 Å². The predicted molar refractivity (Wildman–Crippen MR) is 69.8 cm³/mol. The predicted octanol–water partition coefficient (Wildman–Crippen LogP) is 3.01. The molecule has 1 aliphatic rings. The summed E-state index contributed by atoms with van der Waals surface area (Å²) in [6.07, 6.45) is 10.0. The number of nitriles is 1. The van der Waals surface area contributed by atoms with Crippen LogP contribution < -0.4 is 5.32 Å². The first kappa shape index (κ1) is 14.5. The summed E-state index contributed by atoms with van der Waals surface area (Å²) in [4.78, 5) is 0. The first-order chi connectivity index (χ1) is 8.20. The Labute approximate surface area is 106 Å². The maximum absolute atomic E-state index is 9.00. The van der Waals surface area contributed by atoms with Crippen LogP contribution in [0.15, 0.2) is 0 Å². The maximum Gasteiger partial charge on any atom is 0.103 e. The van der Waals surface area contributed by atoms with Gasteiger partial charge in [-0.3, -0.25) is 0 Å². The molecule has 1 fully saturated rings. The molecule has 1 saturated carbocycles. The Morgan fingerprint density at radius 3 is 2.59 bits per heavy atom. The van der Waals surface area contributed by atoms with Gasteiger partial charge in [-0.1, -0.05) is 19.3 Å². The van der Waals surface area contributed by atoms with Crippen molar-refractivity contribution in [2.45, 2.75) is 69.9 Å². The van der Waals surface area contributed by atoms with Crippen LogP contribution in [0.1, 0.15) is 58.3 Å². The highest BCUT2D eigenvalue weighted by Gasteiger charge is 2.20. The average molecular weight is 238 g/mol. The molecule has 98 valence electrons. The molecule has 0 heterocycles. The topological polar surface area (TPSA) is 45.0 Å². The van der Waals surface area contributed by atoms with Crippen molar-refractivity contribution in [3.63, 3.8) is 0 Å². The molecule has 0 aromatic carbocycles. The van der Waals surface area contributed by atoms with E-state index in [1.54, 1.807) is 0 Å². The molecule has 0 aliphatic heterocycles. The molecule has 1 N–H and O–H groups in total. The number of hydrogen-bond donors (Lipinski definition) is 1. The summed E-state index contributed by atoms with van der Waals surface area (Å²) in [6, 6.07) is 2.32. The second-order valence-electron chi connectivity index (χ2n) is 5.28. The van der Waals surface area contributed by atoms with E-state index in [0.717, 1.165) is 25.9 Å². The van der Waals surface area contributed by atoms with E-state index in [4.69, 9.17) is 10.00 Å². The summed E-state index contributed by atoms with van der Waals surface area (Å²) in [5, 5.41) is 12.1. The second kappa shape index (κ2) is 7.68. The molecule has 1 aliphatic carbocycles. The molecule has 1 rings (SSSR count). The van der Waals surface area contributed by atoms with Crippen molar-refractivity contribution < 1.29 is 4.74 Å². The lowest BCUT2D eigenvalue weighted by Crippen LogP contribution is -2.37. The Balaban J connectivity index is 2.02. The molecular weight excluding hydrogens is 212 g/mol. The number of rotatable bonds is 7. The second-order valence-corrected chi connectivity index (χ2v) is 5.28. The first-order valence-electron chi connectivity index (χ1n) is 6.92. The minimum Gasteiger partial charge on any atom is -0.378 e. The molecule has 0 saturated heterocycles. The van der Waals surface area contributed by atoms with Crippen molar-refractivity contribution in [3.8, 4) is 6.07 Å². The lowest BCUT2D eigenvalue weighted by atomic mass is 9.96. The lowest BCUT2D eigenvalue weighted by Gasteiger charge is -2.23. The van der Waals surface area contributed by atoms with Crippen LogP contribution in [0.25, 0.3) is 0 Å². The van der Waals surface area contributed by atoms with Crippen molar-refractivity contribution in [2.75, 3.05) is 13.7 Å². The van der Waals surface area contributed by atoms with Crippen LogP contribution in [-0.2, 0) is 4.74 Å². The first-order valence-corrected chi connectivity index (χ1v) is 6.92. The maximum atomic E-state index is 9.00. The van der Waals surface area contributed by atoms with Crippen molar-refractivity contribution in [2.24, 2.45) is 0 Å². The Morgan fingerprint density at radius 2 is 2.00 bits per heavy atom. The zero-order valence-electron chi connectivity index (χ0n) is 11.3. The summed E-state index contributed by atoms with van der Waals surface area (Å²) in [7, 11) is 1.85. The molecule has 0 bridgehead atoms. The summed E-state index contributed by atoms with van der Waals surface area (Å²) < 4.78 is 5.86. The molecule has 0 aromatic rings. The zero-order valence-corrected chi connectivity index (χ0v) is 11.3. The fourth-order valence-corrected chi connectivity index (χ4v) is 2.30. The Bertz CT molecular complexity index is 243. The van der Waals surface area contributed by atoms with Crippen molar-refractivity contribution >= 4 is 0 Å². The molecule has 1 atom stereocenters. The number of ether oxygens (including phenoxy) is 1. The third kappa shape index (κ3) is 5.52. The summed E-state index contributed by atoms with van der Waals surface area (Å²) in [5.41, 5.74) is -0.370. The van der Waals surface area contributed by atoms with Gasteiger partial charge >= 0.3 is 0 Å². The summed E-state index contributed by atoms with van der Waals surface area (Å²) >= 11 is 0. The largest absolute Gasteiger partial charge is 0.378 e. The van der Waals surface area contributed by atoms with Gasteiger partial charge in [0, 0.05) is 6.61 Å². The quantitative estimate of drug-likeness (QED) is 0.693. The van der Waals surface area contributed by atoms with Gasteiger partial charge in [0.05, 0.1) is 12.2 Å². The van der Waals surface area contributed by atoms with Gasteiger partial charge in [0.25, 0.3) is 0 Å². The van der Waals surface area contributed by atoms with Crippen molar-refractivity contribution in [1.82, 2.24) is 5.32 Å². The van der Waals surface area contributed by atoms with Crippen LogP contribution in [0.3, 0.4) is 0 Å². The van der Waals surface area contributed by atoms with Gasteiger partial charge in [-0.15, -0.1) is 0 Å². The van der Waals surface area contributed by atoms with Crippen molar-refractivity contribution in [1.29, 1.82) is 5.26 Å². The van der Waals surface area contributed by atoms with Crippen LogP contribution in [-0.4, -0.2) is 25.3 Å². The molecule has 0 spiro atoms. The van der Waals surface area contributed by atoms with Gasteiger partial charge < -0.3 is 10.1 Å². The molecule has 3 nitrogen and oxygen atoms in total. The van der Waals surface area contributed by atoms with E-state index >= 15 is 0 Å². The molecule has 3 heteroatoms. The summed E-state index contributed by atoms with van der Waals surface area (Å²) in [5.74, 6) is 0. The highest BCUT2D eigenvalue weighted by atomic mass is 16.5. The average Bonchev–Trinajstić information content (AvgIpc) is 2.39. The van der Waals surface area contributed by atoms with Crippen LogP contribution in [0.2, 0.25) is 0 Å². The monoisotopic (exact) mass is 238 g/mol. The van der Waals surface area contributed by atoms with E-state index in [9.17, 15) is 0 Å². The Hall–Kier alpha value is -0.590. The van der Waals surface area contributed by atoms with Crippen molar-refractivity contribution in [3.05, 3.63) is 0 Å². The molecule has 0 amide bonds. The smallest absolute Gasteiger partial charge is 0.103 e. The highest BCUT2D eigenvalue weighted by molar-refractivity contribution is 5.02. The third-order valence-corrected chi connectivity index (χ3v) is 3.78. The van der Waals surface area contributed by atoms with E-state index in [1.165, 1.54) is 32.1 Å². The highest BCUT2D eigenvalue weighted by Crippen LogP contribution is 2.20. The minimum absolute atomic E-state index is 0.370. The molecular formula is C14H26N2O. The van der Waals surface area contributed by atoms with Gasteiger partial charge in [0.1, 0.15) is 5.54 Å². The number of hydrogen-bond acceptors (Lipinski definition) is 3. The van der Waals surface area contributed by atoms with Gasteiger partial charge in [0.2, 0.25) is 0 Å². The Kier molecular flexibility index (Phi) is 6.54. The fraction of sp³-hybridized carbons (Fsp3) is 0.929. The minimum atomic E-state index is -0.370. The van der Waals surface area contributed by atoms with Crippen LogP contribution in [0, 0.1) is 11.3 Å². The van der Waals surface area contributed by atoms with Crippen LogP contribution in [0.4, 0.5) is 0 Å². The SMILES string of the molecule is CNC(C)(C#N)CCCCOC1CCCCC1. The number of unbranched alkanes of at least 4 members (excludes halogenated alkanes) is 1. The van der Waals surface area contributed by atoms with Gasteiger partial charge in [-0.25, -0.2) is 0 Å². The van der Waals surface area contributed by atoms with E-state index in [2.05, 4.69) is 11.4 Å². The van der Waals surface area contributed by atoms with E-state index in [-0.39, 0.29) is 5.54 Å². The number of nitrogens with zero attached hydrogens (tertiary/aromatic N) is 1. The number of nitrogens with one attached hydrogen (secondary N) is 1. The normalized spacial score (nSPS) is 20.8. The van der Waals surface area contributed by atoms with Crippen LogP contribution >= 0.6 is 0 Å². The molecule has 0 radical (unpaired) electrons. The fourth-order valence-electron chi connectivity index (χ4n) is 2.30. The van der Waals surface area contributed by atoms with Gasteiger partial charge in [-0.2, -0.15) is 5.26 Å². The van der Waals surface area contributed by atoms with E-state index in [1.807, 2.05) is 14.0 Å².